The number of rotatable bonds is 2. The molecule has 3 heterocycles. The van der Waals surface area contributed by atoms with Crippen LogP contribution in [0.2, 0.25) is 5.02 Å². The number of amides is 4. The first-order valence-corrected chi connectivity index (χ1v) is 11.4. The van der Waals surface area contributed by atoms with Crippen LogP contribution in [0, 0.1) is 11.3 Å². The van der Waals surface area contributed by atoms with Gasteiger partial charge in [-0.1, -0.05) is 48.0 Å². The van der Waals surface area contributed by atoms with Gasteiger partial charge in [-0.05, 0) is 54.9 Å². The van der Waals surface area contributed by atoms with Gasteiger partial charge in [0.1, 0.15) is 0 Å². The highest BCUT2D eigenvalue weighted by atomic mass is 35.5. The van der Waals surface area contributed by atoms with Crippen LogP contribution in [-0.2, 0) is 22.4 Å². The zero-order valence-corrected chi connectivity index (χ0v) is 19.0. The molecule has 2 atom stereocenters. The van der Waals surface area contributed by atoms with Crippen molar-refractivity contribution in [3.63, 3.8) is 0 Å². The van der Waals surface area contributed by atoms with Crippen LogP contribution in [0.5, 0.6) is 0 Å². The van der Waals surface area contributed by atoms with Gasteiger partial charge >= 0.3 is 6.03 Å². The number of piperidine rings is 1. The first-order chi connectivity index (χ1) is 15.3. The number of fused-ring (bicyclic) bond motifs is 4. The van der Waals surface area contributed by atoms with E-state index < -0.39 is 23.3 Å². The first-order valence-electron chi connectivity index (χ1n) is 11.0. The number of anilines is 1. The molecule has 166 valence electrons. The summed E-state index contributed by atoms with van der Waals surface area (Å²) in [7, 11) is 2.95. The number of hydrogen-bond acceptors (Lipinski definition) is 4. The number of barbiturate groups is 1. The van der Waals surface area contributed by atoms with E-state index in [-0.39, 0.29) is 12.5 Å². The van der Waals surface area contributed by atoms with Crippen molar-refractivity contribution in [2.24, 2.45) is 11.3 Å². The van der Waals surface area contributed by atoms with Crippen molar-refractivity contribution in [3.05, 3.63) is 64.7 Å². The summed E-state index contributed by atoms with van der Waals surface area (Å²) in [5, 5.41) is 0.635. The lowest BCUT2D eigenvalue weighted by Gasteiger charge is -2.55. The Morgan fingerprint density at radius 1 is 1.00 bits per heavy atom. The molecule has 3 aliphatic rings. The quantitative estimate of drug-likeness (QED) is 0.652. The van der Waals surface area contributed by atoms with Crippen molar-refractivity contribution in [1.82, 2.24) is 9.80 Å². The van der Waals surface area contributed by atoms with E-state index in [0.29, 0.717) is 17.4 Å². The third-order valence-corrected chi connectivity index (χ3v) is 7.65. The van der Waals surface area contributed by atoms with Crippen LogP contribution in [-0.4, -0.2) is 54.3 Å². The molecule has 0 radical (unpaired) electrons. The van der Waals surface area contributed by atoms with Crippen molar-refractivity contribution >= 4 is 35.1 Å². The summed E-state index contributed by atoms with van der Waals surface area (Å²) in [6.45, 7) is 0.735. The van der Waals surface area contributed by atoms with Crippen molar-refractivity contribution in [3.8, 4) is 0 Å². The summed E-state index contributed by atoms with van der Waals surface area (Å²) in [4.78, 5) is 44.3. The summed E-state index contributed by atoms with van der Waals surface area (Å²) in [5.74, 6) is -0.465. The van der Waals surface area contributed by atoms with Gasteiger partial charge in [0.05, 0.1) is 6.04 Å². The number of imide groups is 2. The number of benzene rings is 2. The summed E-state index contributed by atoms with van der Waals surface area (Å²) in [6.07, 6.45) is 2.84. The van der Waals surface area contributed by atoms with E-state index in [4.69, 9.17) is 11.6 Å². The Balaban J connectivity index is 1.59. The van der Waals surface area contributed by atoms with Gasteiger partial charge in [0, 0.05) is 31.4 Å². The molecule has 4 amide bonds. The molecular formula is C25H26ClN3O3. The maximum absolute atomic E-state index is 13.7. The Morgan fingerprint density at radius 3 is 2.38 bits per heavy atom. The lowest BCUT2D eigenvalue weighted by molar-refractivity contribution is -0.160. The van der Waals surface area contributed by atoms with Crippen LogP contribution >= 0.6 is 11.6 Å². The molecule has 0 unspecified atom stereocenters. The molecule has 0 bridgehead atoms. The molecule has 0 aliphatic carbocycles. The fraction of sp³-hybridized carbons (Fsp3) is 0.400. The Labute approximate surface area is 192 Å². The van der Waals surface area contributed by atoms with Gasteiger partial charge in [0.25, 0.3) is 0 Å². The third kappa shape index (κ3) is 3.04. The van der Waals surface area contributed by atoms with Crippen LogP contribution in [0.1, 0.15) is 24.0 Å². The molecule has 7 heteroatoms. The van der Waals surface area contributed by atoms with E-state index in [9.17, 15) is 14.4 Å². The minimum absolute atomic E-state index is 0.276. The van der Waals surface area contributed by atoms with Crippen molar-refractivity contribution in [2.45, 2.75) is 31.7 Å². The Morgan fingerprint density at radius 2 is 1.69 bits per heavy atom. The van der Waals surface area contributed by atoms with E-state index in [0.717, 1.165) is 40.4 Å². The average molecular weight is 452 g/mol. The predicted molar refractivity (Wildman–Crippen MR) is 123 cm³/mol. The van der Waals surface area contributed by atoms with E-state index in [2.05, 4.69) is 17.0 Å². The van der Waals surface area contributed by atoms with E-state index >= 15 is 0 Å². The lowest BCUT2D eigenvalue weighted by atomic mass is 9.64. The molecule has 2 aromatic carbocycles. The summed E-state index contributed by atoms with van der Waals surface area (Å²) < 4.78 is 0. The van der Waals surface area contributed by atoms with Gasteiger partial charge in [-0.25, -0.2) is 4.79 Å². The van der Waals surface area contributed by atoms with Crippen molar-refractivity contribution < 1.29 is 14.4 Å². The zero-order valence-electron chi connectivity index (χ0n) is 18.3. The second kappa shape index (κ2) is 7.62. The largest absolute Gasteiger partial charge is 0.367 e. The highest BCUT2D eigenvalue weighted by molar-refractivity contribution is 6.31. The number of urea groups is 1. The Hall–Kier alpha value is -2.86. The Bertz CT molecular complexity index is 1080. The maximum Gasteiger partial charge on any atom is 0.332 e. The van der Waals surface area contributed by atoms with E-state index in [1.807, 2.05) is 30.3 Å². The fourth-order valence-corrected chi connectivity index (χ4v) is 5.99. The lowest BCUT2D eigenvalue weighted by Crippen LogP contribution is -2.72. The SMILES string of the molecule is CN1C(=O)N(C)C(=O)C2(Cc3ccc(Cl)cc3N3CC[C@@H](Cc4ccccc4)C[C@@H]32)C1=O. The molecular weight excluding hydrogens is 426 g/mol. The monoisotopic (exact) mass is 451 g/mol. The Kier molecular flexibility index (Phi) is 5.01. The minimum Gasteiger partial charge on any atom is -0.367 e. The maximum atomic E-state index is 13.7. The zero-order chi connectivity index (χ0) is 22.6. The van der Waals surface area contributed by atoms with Gasteiger partial charge in [-0.3, -0.25) is 19.4 Å². The van der Waals surface area contributed by atoms with Crippen molar-refractivity contribution in [2.75, 3.05) is 25.5 Å². The van der Waals surface area contributed by atoms with Gasteiger partial charge in [-0.15, -0.1) is 0 Å². The molecule has 32 heavy (non-hydrogen) atoms. The smallest absolute Gasteiger partial charge is 0.332 e. The van der Waals surface area contributed by atoms with E-state index in [1.54, 1.807) is 6.07 Å². The summed E-state index contributed by atoms with van der Waals surface area (Å²) in [5.41, 5.74) is 1.86. The van der Waals surface area contributed by atoms with Crippen LogP contribution in [0.4, 0.5) is 10.5 Å². The molecule has 2 saturated heterocycles. The number of hydrogen-bond donors (Lipinski definition) is 0. The van der Waals surface area contributed by atoms with Crippen LogP contribution in [0.3, 0.4) is 0 Å². The molecule has 0 saturated carbocycles. The topological polar surface area (TPSA) is 60.9 Å². The molecule has 6 nitrogen and oxygen atoms in total. The van der Waals surface area contributed by atoms with Gasteiger partial charge in [0.15, 0.2) is 5.41 Å². The highest BCUT2D eigenvalue weighted by Gasteiger charge is 2.63. The third-order valence-electron chi connectivity index (χ3n) is 7.42. The van der Waals surface area contributed by atoms with Crippen LogP contribution in [0.25, 0.3) is 0 Å². The van der Waals surface area contributed by atoms with Gasteiger partial charge in [0.2, 0.25) is 11.8 Å². The van der Waals surface area contributed by atoms with Crippen LogP contribution in [0.15, 0.2) is 48.5 Å². The number of nitrogens with zero attached hydrogens (tertiary/aromatic N) is 3. The second-order valence-electron chi connectivity index (χ2n) is 9.22. The standard InChI is InChI=1S/C25H26ClN3O3/c1-27-22(30)25(23(31)28(2)24(27)32)15-18-8-9-19(26)14-20(18)29-11-10-17(13-21(25)29)12-16-6-4-3-5-7-16/h3-9,14,17,21H,10-13,15H2,1-2H3/t17-,21+/m0/s1. The highest BCUT2D eigenvalue weighted by Crippen LogP contribution is 2.50. The first kappa shape index (κ1) is 21.0. The molecule has 3 aliphatic heterocycles. The van der Waals surface area contributed by atoms with Crippen LogP contribution < -0.4 is 4.90 Å². The van der Waals surface area contributed by atoms with E-state index in [1.165, 1.54) is 19.7 Å². The minimum atomic E-state index is -1.31. The second-order valence-corrected chi connectivity index (χ2v) is 9.66. The van der Waals surface area contributed by atoms with Crippen molar-refractivity contribution in [1.29, 1.82) is 0 Å². The number of halogens is 1. The normalized spacial score (nSPS) is 24.6. The molecule has 0 aromatic heterocycles. The molecule has 2 aromatic rings. The predicted octanol–water partition coefficient (Wildman–Crippen LogP) is 3.76. The molecule has 0 N–H and O–H groups in total. The number of carbonyl (C=O) groups is 3. The molecule has 1 spiro atoms. The average Bonchev–Trinajstić information content (AvgIpc) is 2.81. The molecule has 5 rings (SSSR count). The van der Waals surface area contributed by atoms with Gasteiger partial charge in [-0.2, -0.15) is 0 Å². The number of carbonyl (C=O) groups excluding carboxylic acids is 3. The molecule has 2 fully saturated rings. The van der Waals surface area contributed by atoms with Gasteiger partial charge < -0.3 is 4.90 Å². The summed E-state index contributed by atoms with van der Waals surface area (Å²) >= 11 is 6.32. The fourth-order valence-electron chi connectivity index (χ4n) is 5.82. The summed E-state index contributed by atoms with van der Waals surface area (Å²) in [6, 6.07) is 15.1.